The van der Waals surface area contributed by atoms with Crippen molar-refractivity contribution in [3.63, 3.8) is 0 Å². The summed E-state index contributed by atoms with van der Waals surface area (Å²) in [7, 11) is 0. The molecule has 216 valence electrons. The third kappa shape index (κ3) is 4.95. The minimum atomic E-state index is 0.00257. The van der Waals surface area contributed by atoms with Gasteiger partial charge in [0.05, 0.1) is 21.2 Å². The molecule has 2 aliphatic heterocycles. The van der Waals surface area contributed by atoms with Crippen molar-refractivity contribution in [2.24, 2.45) is 9.98 Å². The van der Waals surface area contributed by atoms with E-state index in [1.165, 1.54) is 65.7 Å². The third-order valence-corrected chi connectivity index (χ3v) is 11.6. The van der Waals surface area contributed by atoms with Crippen molar-refractivity contribution in [2.45, 2.75) is 38.8 Å². The zero-order valence-corrected chi connectivity index (χ0v) is 27.2. The van der Waals surface area contributed by atoms with Crippen LogP contribution in [-0.4, -0.2) is 32.7 Å². The van der Waals surface area contributed by atoms with E-state index < -0.39 is 0 Å². The van der Waals surface area contributed by atoms with E-state index in [-0.39, 0.29) is 11.1 Å². The van der Waals surface area contributed by atoms with Gasteiger partial charge >= 0.3 is 0 Å². The Morgan fingerprint density at radius 2 is 0.795 bits per heavy atom. The number of hydrogen-bond acceptors (Lipinski definition) is 4. The van der Waals surface area contributed by atoms with Crippen molar-refractivity contribution in [1.82, 2.24) is 0 Å². The van der Waals surface area contributed by atoms with Gasteiger partial charge in [0.25, 0.3) is 0 Å². The largest absolute Gasteiger partial charge is 0.271 e. The van der Waals surface area contributed by atoms with E-state index >= 15 is 0 Å². The summed E-state index contributed by atoms with van der Waals surface area (Å²) in [4.78, 5) is 9.97. The van der Waals surface area contributed by atoms with Gasteiger partial charge in [-0.15, -0.1) is 23.5 Å². The minimum absolute atomic E-state index is 0.00257. The Morgan fingerprint density at radius 3 is 1.20 bits per heavy atom. The summed E-state index contributed by atoms with van der Waals surface area (Å²) in [6, 6.07) is 40.5. The molecule has 0 unspecified atom stereocenters. The van der Waals surface area contributed by atoms with Gasteiger partial charge in [-0.25, -0.2) is 0 Å². The lowest BCUT2D eigenvalue weighted by Crippen LogP contribution is -2.15. The highest BCUT2D eigenvalue weighted by Crippen LogP contribution is 2.40. The van der Waals surface area contributed by atoms with E-state index in [0.717, 1.165) is 21.6 Å². The monoisotopic (exact) mass is 606 g/mol. The van der Waals surface area contributed by atoms with Crippen LogP contribution < -0.4 is 0 Å². The van der Waals surface area contributed by atoms with Gasteiger partial charge in [0.1, 0.15) is 0 Å². The third-order valence-electron chi connectivity index (χ3n) is 8.66. The van der Waals surface area contributed by atoms with Crippen LogP contribution in [0.3, 0.4) is 0 Å². The van der Waals surface area contributed by atoms with Crippen molar-refractivity contribution in [3.05, 3.63) is 120 Å². The van der Waals surface area contributed by atoms with Gasteiger partial charge in [-0.2, -0.15) is 0 Å². The summed E-state index contributed by atoms with van der Waals surface area (Å²) < 4.78 is 0. The number of rotatable bonds is 4. The second kappa shape index (κ2) is 10.4. The highest BCUT2D eigenvalue weighted by atomic mass is 32.2. The first-order valence-corrected chi connectivity index (χ1v) is 17.3. The zero-order valence-electron chi connectivity index (χ0n) is 25.5. The molecule has 0 aromatic heterocycles. The Labute approximate surface area is 267 Å². The lowest BCUT2D eigenvalue weighted by atomic mass is 9.90. The zero-order chi connectivity index (χ0) is 30.1. The number of aliphatic imine (C=N–C) groups is 2. The summed E-state index contributed by atoms with van der Waals surface area (Å²) in [6.45, 7) is 8.84. The van der Waals surface area contributed by atoms with Crippen molar-refractivity contribution in [3.8, 4) is 22.3 Å². The van der Waals surface area contributed by atoms with Crippen molar-refractivity contribution in [2.75, 3.05) is 11.5 Å². The smallest absolute Gasteiger partial charge is 0.0984 e. The first-order chi connectivity index (χ1) is 21.2. The standard InChI is InChI=1S/C40H34N2S2/c1-39(2)23-43-37(41-39)29-11-7-9-25(19-29)27-15-17-33-34-18-16-28(22-36(34)32-14-6-5-13-31(32)35(33)21-27)26-10-8-12-30(20-26)38-42-40(3,4)24-44-38/h5-22H,23-24H2,1-4H3. The predicted molar refractivity (Wildman–Crippen MR) is 196 cm³/mol. The summed E-state index contributed by atoms with van der Waals surface area (Å²) in [5, 5.41) is 10.0. The van der Waals surface area contributed by atoms with Crippen LogP contribution in [0.5, 0.6) is 0 Å². The Hall–Kier alpha value is -3.86. The molecule has 4 heteroatoms. The molecule has 6 aromatic rings. The number of fused-ring (bicyclic) bond motifs is 6. The molecular formula is C40H34N2S2. The Balaban J connectivity index is 1.24. The maximum absolute atomic E-state index is 4.98. The van der Waals surface area contributed by atoms with Crippen LogP contribution in [0, 0.1) is 0 Å². The molecule has 6 aromatic carbocycles. The Bertz CT molecular complexity index is 2010. The number of thioether (sulfide) groups is 2. The minimum Gasteiger partial charge on any atom is -0.271 e. The second-order valence-corrected chi connectivity index (χ2v) is 15.2. The molecule has 0 atom stereocenters. The fraction of sp³-hybridized carbons (Fsp3) is 0.200. The molecule has 44 heavy (non-hydrogen) atoms. The lowest BCUT2D eigenvalue weighted by molar-refractivity contribution is 0.605. The lowest BCUT2D eigenvalue weighted by Gasteiger charge is -2.14. The Kier molecular flexibility index (Phi) is 6.51. The first kappa shape index (κ1) is 27.7. The first-order valence-electron chi connectivity index (χ1n) is 15.3. The molecule has 0 saturated heterocycles. The van der Waals surface area contributed by atoms with E-state index in [4.69, 9.17) is 9.98 Å². The van der Waals surface area contributed by atoms with E-state index in [0.29, 0.717) is 0 Å². The van der Waals surface area contributed by atoms with Crippen LogP contribution in [0.25, 0.3) is 54.6 Å². The molecule has 0 radical (unpaired) electrons. The molecule has 0 fully saturated rings. The summed E-state index contributed by atoms with van der Waals surface area (Å²) in [5.74, 6) is 2.06. The number of hydrogen-bond donors (Lipinski definition) is 0. The van der Waals surface area contributed by atoms with Crippen LogP contribution in [0.1, 0.15) is 38.8 Å². The van der Waals surface area contributed by atoms with Gasteiger partial charge in [0.2, 0.25) is 0 Å². The van der Waals surface area contributed by atoms with Gasteiger partial charge in [0, 0.05) is 22.6 Å². The molecule has 0 saturated carbocycles. The SMILES string of the molecule is CC1(C)CSC(c2cccc(-c3ccc4c5ccc(-c6cccc(C7=NC(C)(C)CS7)c6)cc5c5ccccc5c4c3)c2)=N1. The highest BCUT2D eigenvalue weighted by Gasteiger charge is 2.27. The van der Waals surface area contributed by atoms with Gasteiger partial charge in [-0.1, -0.05) is 84.9 Å². The van der Waals surface area contributed by atoms with E-state index in [2.05, 4.69) is 137 Å². The van der Waals surface area contributed by atoms with Crippen molar-refractivity contribution < 1.29 is 0 Å². The summed E-state index contributed by atoms with van der Waals surface area (Å²) in [6.07, 6.45) is 0. The molecular weight excluding hydrogens is 573 g/mol. The van der Waals surface area contributed by atoms with Crippen LogP contribution >= 0.6 is 23.5 Å². The molecule has 2 nitrogen and oxygen atoms in total. The van der Waals surface area contributed by atoms with Crippen LogP contribution in [0.2, 0.25) is 0 Å². The molecule has 0 spiro atoms. The summed E-state index contributed by atoms with van der Waals surface area (Å²) in [5.41, 5.74) is 7.34. The molecule has 0 amide bonds. The van der Waals surface area contributed by atoms with Gasteiger partial charge in [0.15, 0.2) is 0 Å². The number of nitrogens with zero attached hydrogens (tertiary/aromatic N) is 2. The van der Waals surface area contributed by atoms with Gasteiger partial charge in [-0.3, -0.25) is 9.98 Å². The van der Waals surface area contributed by atoms with Gasteiger partial charge < -0.3 is 0 Å². The van der Waals surface area contributed by atoms with Crippen LogP contribution in [0.15, 0.2) is 119 Å². The molecule has 2 heterocycles. The summed E-state index contributed by atoms with van der Waals surface area (Å²) >= 11 is 3.72. The fourth-order valence-corrected chi connectivity index (χ4v) is 8.76. The fourth-order valence-electron chi connectivity index (χ4n) is 6.44. The van der Waals surface area contributed by atoms with Crippen molar-refractivity contribution in [1.29, 1.82) is 0 Å². The quantitative estimate of drug-likeness (QED) is 0.187. The maximum Gasteiger partial charge on any atom is 0.0984 e. The topological polar surface area (TPSA) is 24.7 Å². The normalized spacial score (nSPS) is 17.4. The molecule has 8 rings (SSSR count). The maximum atomic E-state index is 4.98. The van der Waals surface area contributed by atoms with E-state index in [1.54, 1.807) is 0 Å². The molecule has 0 aliphatic carbocycles. The van der Waals surface area contributed by atoms with E-state index in [1.807, 2.05) is 23.5 Å². The molecule has 2 aliphatic rings. The number of benzene rings is 6. The average Bonchev–Trinajstić information content (AvgIpc) is 3.61. The highest BCUT2D eigenvalue weighted by molar-refractivity contribution is 8.15. The van der Waals surface area contributed by atoms with Crippen LogP contribution in [0.4, 0.5) is 0 Å². The van der Waals surface area contributed by atoms with E-state index in [9.17, 15) is 0 Å². The second-order valence-electron chi connectivity index (χ2n) is 13.3. The van der Waals surface area contributed by atoms with Crippen LogP contribution in [-0.2, 0) is 0 Å². The van der Waals surface area contributed by atoms with Gasteiger partial charge in [-0.05, 0) is 107 Å². The Morgan fingerprint density at radius 1 is 0.409 bits per heavy atom. The van der Waals surface area contributed by atoms with Crippen molar-refractivity contribution >= 4 is 65.9 Å². The molecule has 0 bridgehead atoms. The predicted octanol–water partition coefficient (Wildman–Crippen LogP) is 11.0. The molecule has 0 N–H and O–H groups in total. The average molecular weight is 607 g/mol.